The molecular formula is C28H31FN6O4S. The number of nitrogens with zero attached hydrogens (tertiary/aromatic N) is 1. The third-order valence-corrected chi connectivity index (χ3v) is 7.45. The van der Waals surface area contributed by atoms with Crippen molar-refractivity contribution in [2.24, 2.45) is 10.9 Å². The largest absolute Gasteiger partial charge is 0.384 e. The Bertz CT molecular complexity index is 1450. The minimum absolute atomic E-state index is 0.142. The van der Waals surface area contributed by atoms with Crippen molar-refractivity contribution in [3.8, 4) is 0 Å². The summed E-state index contributed by atoms with van der Waals surface area (Å²) >= 11 is 0. The highest BCUT2D eigenvalue weighted by Gasteiger charge is 2.42. The van der Waals surface area contributed by atoms with Gasteiger partial charge in [-0.05, 0) is 30.0 Å². The summed E-state index contributed by atoms with van der Waals surface area (Å²) < 4.78 is 41.3. The minimum Gasteiger partial charge on any atom is -0.384 e. The molecule has 40 heavy (non-hydrogen) atoms. The van der Waals surface area contributed by atoms with Gasteiger partial charge in [0.25, 0.3) is 10.2 Å². The first-order valence-electron chi connectivity index (χ1n) is 12.7. The van der Waals surface area contributed by atoms with Crippen LogP contribution in [0.3, 0.4) is 0 Å². The van der Waals surface area contributed by atoms with Crippen LogP contribution in [0, 0.1) is 11.2 Å². The first-order valence-corrected chi connectivity index (χ1v) is 14.2. The number of nitrogens with one attached hydrogen (secondary N) is 3. The summed E-state index contributed by atoms with van der Waals surface area (Å²) in [6, 6.07) is 19.8. The monoisotopic (exact) mass is 566 g/mol. The average molecular weight is 567 g/mol. The van der Waals surface area contributed by atoms with E-state index in [2.05, 4.69) is 10.0 Å². The first kappa shape index (κ1) is 28.9. The van der Waals surface area contributed by atoms with E-state index in [0.717, 1.165) is 6.07 Å². The number of likely N-dealkylation sites (tertiary alicyclic amines) is 1. The molecule has 0 saturated carbocycles. The number of benzene rings is 3. The van der Waals surface area contributed by atoms with E-state index < -0.39 is 45.8 Å². The zero-order valence-corrected chi connectivity index (χ0v) is 22.4. The fourth-order valence-corrected chi connectivity index (χ4v) is 5.57. The Morgan fingerprint density at radius 1 is 1.02 bits per heavy atom. The predicted molar refractivity (Wildman–Crippen MR) is 149 cm³/mol. The number of rotatable bonds is 10. The molecule has 3 aromatic rings. The molecule has 12 heteroatoms. The van der Waals surface area contributed by atoms with Crippen molar-refractivity contribution >= 4 is 27.9 Å². The number of hydrogen-bond acceptors (Lipinski definition) is 5. The van der Waals surface area contributed by atoms with Crippen LogP contribution in [0.5, 0.6) is 0 Å². The van der Waals surface area contributed by atoms with Gasteiger partial charge in [-0.3, -0.25) is 15.0 Å². The number of amidine groups is 1. The molecule has 0 radical (unpaired) electrons. The van der Waals surface area contributed by atoms with Crippen molar-refractivity contribution in [2.75, 3.05) is 6.54 Å². The minimum atomic E-state index is -4.32. The molecule has 4 rings (SSSR count). The lowest BCUT2D eigenvalue weighted by atomic mass is 9.84. The van der Waals surface area contributed by atoms with Gasteiger partial charge in [0.1, 0.15) is 23.7 Å². The molecule has 1 fully saturated rings. The maximum absolute atomic E-state index is 14.5. The lowest BCUT2D eigenvalue weighted by Crippen LogP contribution is -2.56. The molecule has 1 saturated heterocycles. The van der Waals surface area contributed by atoms with Gasteiger partial charge in [-0.1, -0.05) is 72.8 Å². The zero-order valence-electron chi connectivity index (χ0n) is 21.6. The molecule has 0 aliphatic carbocycles. The normalized spacial score (nSPS) is 16.1. The van der Waals surface area contributed by atoms with Crippen molar-refractivity contribution < 1.29 is 22.4 Å². The van der Waals surface area contributed by atoms with E-state index in [1.807, 2.05) is 12.1 Å². The van der Waals surface area contributed by atoms with E-state index in [0.29, 0.717) is 24.0 Å². The van der Waals surface area contributed by atoms with Crippen LogP contribution >= 0.6 is 0 Å². The summed E-state index contributed by atoms with van der Waals surface area (Å²) in [5, 5.41) is 15.5. The number of nitrogens with two attached hydrogens (primary N) is 2. The van der Waals surface area contributed by atoms with Crippen LogP contribution in [0.1, 0.15) is 41.0 Å². The highest BCUT2D eigenvalue weighted by atomic mass is 32.2. The molecule has 3 aromatic carbocycles. The Kier molecular flexibility index (Phi) is 8.93. The van der Waals surface area contributed by atoms with Crippen LogP contribution < -0.4 is 20.9 Å². The van der Waals surface area contributed by atoms with Gasteiger partial charge in [0.05, 0.1) is 0 Å². The van der Waals surface area contributed by atoms with Gasteiger partial charge < -0.3 is 16.0 Å². The zero-order chi connectivity index (χ0) is 28.9. The quantitative estimate of drug-likeness (QED) is 0.185. The first-order chi connectivity index (χ1) is 19.0. The van der Waals surface area contributed by atoms with Gasteiger partial charge in [0.15, 0.2) is 0 Å². The SMILES string of the molecule is N=C(N)c1ccc(CNC(=O)[C@@H]2CCCN2C(=O)C(NS(N)(=O)=O)C(c2ccccc2)c2ccccc2)c(F)c1. The molecule has 1 aliphatic rings. The fraction of sp³-hybridized carbons (Fsp3) is 0.250. The second-order valence-corrected chi connectivity index (χ2v) is 10.9. The number of nitrogen functional groups attached to an aromatic ring is 1. The van der Waals surface area contributed by atoms with E-state index >= 15 is 0 Å². The number of carbonyl (C=O) groups is 2. The van der Waals surface area contributed by atoms with Crippen LogP contribution in [0.2, 0.25) is 0 Å². The third kappa shape index (κ3) is 6.89. The van der Waals surface area contributed by atoms with Crippen LogP contribution in [0.25, 0.3) is 0 Å². The van der Waals surface area contributed by atoms with Crippen LogP contribution in [-0.4, -0.2) is 49.6 Å². The molecule has 0 bridgehead atoms. The topological polar surface area (TPSA) is 171 Å². The Balaban J connectivity index is 1.60. The summed E-state index contributed by atoms with van der Waals surface area (Å²) in [6.07, 6.45) is 0.877. The molecule has 0 spiro atoms. The molecular weight excluding hydrogens is 535 g/mol. The van der Waals surface area contributed by atoms with Crippen molar-refractivity contribution in [3.05, 3.63) is 107 Å². The fourth-order valence-electron chi connectivity index (χ4n) is 4.98. The van der Waals surface area contributed by atoms with E-state index in [9.17, 15) is 22.4 Å². The number of carbonyl (C=O) groups excluding carboxylic acids is 2. The molecule has 10 nitrogen and oxygen atoms in total. The van der Waals surface area contributed by atoms with Crippen molar-refractivity contribution in [3.63, 3.8) is 0 Å². The average Bonchev–Trinajstić information content (AvgIpc) is 3.42. The van der Waals surface area contributed by atoms with Crippen LogP contribution in [-0.2, 0) is 26.3 Å². The van der Waals surface area contributed by atoms with E-state index in [4.69, 9.17) is 16.3 Å². The lowest BCUT2D eigenvalue weighted by Gasteiger charge is -2.33. The third-order valence-electron chi connectivity index (χ3n) is 6.86. The van der Waals surface area contributed by atoms with Crippen LogP contribution in [0.15, 0.2) is 78.9 Å². The highest BCUT2D eigenvalue weighted by Crippen LogP contribution is 2.31. The van der Waals surface area contributed by atoms with E-state index in [-0.39, 0.29) is 30.1 Å². The van der Waals surface area contributed by atoms with Crippen molar-refractivity contribution in [2.45, 2.75) is 37.4 Å². The molecule has 0 aromatic heterocycles. The van der Waals surface area contributed by atoms with Crippen molar-refractivity contribution in [1.29, 1.82) is 5.41 Å². The highest BCUT2D eigenvalue weighted by molar-refractivity contribution is 7.87. The van der Waals surface area contributed by atoms with E-state index in [1.54, 1.807) is 48.5 Å². The second kappa shape index (κ2) is 12.4. The summed E-state index contributed by atoms with van der Waals surface area (Å²) in [4.78, 5) is 28.6. The molecule has 210 valence electrons. The van der Waals surface area contributed by atoms with Gasteiger partial charge in [-0.15, -0.1) is 0 Å². The molecule has 2 amide bonds. The molecule has 1 aliphatic heterocycles. The number of amides is 2. The smallest absolute Gasteiger partial charge is 0.275 e. The summed E-state index contributed by atoms with van der Waals surface area (Å²) in [5.74, 6) is -2.72. The van der Waals surface area contributed by atoms with E-state index in [1.165, 1.54) is 17.0 Å². The van der Waals surface area contributed by atoms with Gasteiger partial charge in [-0.2, -0.15) is 13.1 Å². The molecule has 2 atom stereocenters. The Morgan fingerprint density at radius 3 is 2.15 bits per heavy atom. The second-order valence-electron chi connectivity index (χ2n) is 9.57. The number of hydrogen-bond donors (Lipinski definition) is 5. The summed E-state index contributed by atoms with van der Waals surface area (Å²) in [7, 11) is -4.32. The Labute approximate surface area is 232 Å². The van der Waals surface area contributed by atoms with Gasteiger partial charge in [-0.25, -0.2) is 9.53 Å². The van der Waals surface area contributed by atoms with Gasteiger partial charge in [0, 0.05) is 30.1 Å². The van der Waals surface area contributed by atoms with Crippen LogP contribution in [0.4, 0.5) is 4.39 Å². The molecule has 1 heterocycles. The summed E-state index contributed by atoms with van der Waals surface area (Å²) in [5.41, 5.74) is 7.19. The van der Waals surface area contributed by atoms with Gasteiger partial charge >= 0.3 is 0 Å². The standard InChI is InChI=1S/C28H31FN6O4S/c29-22-16-20(26(30)31)13-14-21(22)17-33-27(36)23-12-7-15-35(23)28(37)25(34-40(32,38)39)24(18-8-3-1-4-9-18)19-10-5-2-6-11-19/h1-6,8-11,13-14,16,23-25,34H,7,12,15,17H2,(H3,30,31)(H,33,36)(H2,32,38,39)/t23-,25?/m0/s1. The lowest BCUT2D eigenvalue weighted by molar-refractivity contribution is -0.140. The van der Waals surface area contributed by atoms with Gasteiger partial charge in [0.2, 0.25) is 11.8 Å². The number of halogens is 1. The Hall–Kier alpha value is -4.13. The summed E-state index contributed by atoms with van der Waals surface area (Å²) in [6.45, 7) is 0.0918. The molecule has 7 N–H and O–H groups in total. The maximum atomic E-state index is 14.5. The molecule has 1 unspecified atom stereocenters. The maximum Gasteiger partial charge on any atom is 0.275 e. The Morgan fingerprint density at radius 2 is 1.62 bits per heavy atom. The van der Waals surface area contributed by atoms with Crippen molar-refractivity contribution in [1.82, 2.24) is 14.9 Å². The predicted octanol–water partition coefficient (Wildman–Crippen LogP) is 1.71.